The second-order valence-electron chi connectivity index (χ2n) is 7.89. The van der Waals surface area contributed by atoms with Crippen molar-refractivity contribution >= 4 is 33.0 Å². The zero-order valence-corrected chi connectivity index (χ0v) is 20.4. The SMILES string of the molecule is CCCc1cc(OC(F)F)cc(CCC)c1NC(=O)N=S(N)(=O)c1sc(C(C)(C)O)cc1F. The van der Waals surface area contributed by atoms with Gasteiger partial charge in [-0.25, -0.2) is 18.5 Å². The number of anilines is 1. The highest BCUT2D eigenvalue weighted by Gasteiger charge is 2.26. The van der Waals surface area contributed by atoms with Crippen LogP contribution in [0.1, 0.15) is 56.5 Å². The van der Waals surface area contributed by atoms with Crippen molar-refractivity contribution in [2.45, 2.75) is 69.8 Å². The first kappa shape index (κ1) is 27.1. The Morgan fingerprint density at radius 2 is 1.79 bits per heavy atom. The highest BCUT2D eigenvalue weighted by atomic mass is 32.2. The number of benzene rings is 1. The van der Waals surface area contributed by atoms with E-state index < -0.39 is 38.2 Å². The van der Waals surface area contributed by atoms with Crippen molar-refractivity contribution in [3.63, 3.8) is 0 Å². The third kappa shape index (κ3) is 7.16. The van der Waals surface area contributed by atoms with Crippen molar-refractivity contribution < 1.29 is 32.0 Å². The minimum absolute atomic E-state index is 0.0331. The van der Waals surface area contributed by atoms with Crippen LogP contribution in [0.5, 0.6) is 5.75 Å². The first-order valence-electron chi connectivity index (χ1n) is 10.3. The van der Waals surface area contributed by atoms with E-state index in [0.29, 0.717) is 53.8 Å². The number of halogens is 3. The minimum atomic E-state index is -3.95. The first-order chi connectivity index (χ1) is 15.3. The Kier molecular flexibility index (Phi) is 8.91. The van der Waals surface area contributed by atoms with Crippen molar-refractivity contribution in [3.05, 3.63) is 40.0 Å². The molecule has 1 unspecified atom stereocenters. The number of rotatable bonds is 9. The summed E-state index contributed by atoms with van der Waals surface area (Å²) in [5.74, 6) is -0.970. The largest absolute Gasteiger partial charge is 0.435 e. The lowest BCUT2D eigenvalue weighted by atomic mass is 9.99. The average Bonchev–Trinajstić information content (AvgIpc) is 3.07. The van der Waals surface area contributed by atoms with Crippen LogP contribution in [0.4, 0.5) is 23.7 Å². The molecule has 1 atom stereocenters. The molecule has 0 aliphatic carbocycles. The normalized spacial score (nSPS) is 13.6. The highest BCUT2D eigenvalue weighted by molar-refractivity contribution is 7.93. The van der Waals surface area contributed by atoms with E-state index in [1.807, 2.05) is 13.8 Å². The number of carbonyl (C=O) groups is 1. The predicted octanol–water partition coefficient (Wildman–Crippen LogP) is 5.55. The molecule has 0 fully saturated rings. The van der Waals surface area contributed by atoms with Gasteiger partial charge >= 0.3 is 12.6 Å². The van der Waals surface area contributed by atoms with E-state index >= 15 is 0 Å². The van der Waals surface area contributed by atoms with Crippen molar-refractivity contribution in [3.8, 4) is 5.75 Å². The Hall–Kier alpha value is -2.15. The third-order valence-electron chi connectivity index (χ3n) is 4.51. The zero-order valence-electron chi connectivity index (χ0n) is 18.8. The Labute approximate surface area is 195 Å². The van der Waals surface area contributed by atoms with Crippen LogP contribution in [0.2, 0.25) is 0 Å². The lowest BCUT2D eigenvalue weighted by Crippen LogP contribution is -2.19. The monoisotopic (exact) mass is 507 g/mol. The van der Waals surface area contributed by atoms with Crippen LogP contribution in [-0.2, 0) is 28.4 Å². The molecule has 0 spiro atoms. The topological polar surface area (TPSA) is 114 Å². The molecular weight excluding hydrogens is 479 g/mol. The van der Waals surface area contributed by atoms with Crippen LogP contribution in [0.25, 0.3) is 0 Å². The number of hydrogen-bond acceptors (Lipinski definition) is 5. The second kappa shape index (κ2) is 10.9. The predicted molar refractivity (Wildman–Crippen MR) is 123 cm³/mol. The summed E-state index contributed by atoms with van der Waals surface area (Å²) >= 11 is 0.665. The van der Waals surface area contributed by atoms with Crippen LogP contribution in [0.15, 0.2) is 26.8 Å². The van der Waals surface area contributed by atoms with E-state index in [1.54, 1.807) is 0 Å². The summed E-state index contributed by atoms with van der Waals surface area (Å²) in [6, 6.07) is 2.73. The summed E-state index contributed by atoms with van der Waals surface area (Å²) in [7, 11) is -3.95. The van der Waals surface area contributed by atoms with E-state index in [2.05, 4.69) is 14.4 Å². The molecule has 2 rings (SSSR count). The van der Waals surface area contributed by atoms with Gasteiger partial charge in [0.2, 0.25) is 0 Å². The lowest BCUT2D eigenvalue weighted by molar-refractivity contribution is -0.0499. The fourth-order valence-electron chi connectivity index (χ4n) is 3.15. The molecular formula is C21H28F3N3O4S2. The number of amides is 2. The molecule has 0 saturated heterocycles. The van der Waals surface area contributed by atoms with E-state index in [1.165, 1.54) is 26.0 Å². The van der Waals surface area contributed by atoms with Gasteiger partial charge in [0.15, 0.2) is 19.9 Å². The number of thiophene rings is 1. The molecule has 1 aromatic heterocycles. The number of ether oxygens (including phenoxy) is 1. The number of aryl methyl sites for hydroxylation is 2. The van der Waals surface area contributed by atoms with E-state index in [-0.39, 0.29) is 10.6 Å². The summed E-state index contributed by atoms with van der Waals surface area (Å²) in [6.07, 6.45) is 2.19. The number of alkyl halides is 2. The Balaban J connectivity index is 2.47. The van der Waals surface area contributed by atoms with Crippen molar-refractivity contribution in [2.24, 2.45) is 9.50 Å². The first-order valence-corrected chi connectivity index (χ1v) is 12.7. The molecule has 4 N–H and O–H groups in total. The van der Waals surface area contributed by atoms with Gasteiger partial charge in [0, 0.05) is 10.6 Å². The number of aliphatic hydroxyl groups is 1. The van der Waals surface area contributed by atoms with Gasteiger partial charge in [0.1, 0.15) is 5.75 Å². The van der Waals surface area contributed by atoms with Gasteiger partial charge in [0.25, 0.3) is 0 Å². The maximum absolute atomic E-state index is 14.4. The Bertz CT molecular complexity index is 1090. The molecule has 2 aromatic rings. The maximum Gasteiger partial charge on any atom is 0.387 e. The van der Waals surface area contributed by atoms with Gasteiger partial charge in [-0.05, 0) is 56.0 Å². The van der Waals surface area contributed by atoms with Gasteiger partial charge in [-0.3, -0.25) is 0 Å². The zero-order chi connectivity index (χ0) is 25.0. The molecule has 33 heavy (non-hydrogen) atoms. The van der Waals surface area contributed by atoms with E-state index in [0.717, 1.165) is 6.07 Å². The van der Waals surface area contributed by atoms with Crippen LogP contribution in [0, 0.1) is 5.82 Å². The number of nitrogens with two attached hydrogens (primary N) is 1. The summed E-state index contributed by atoms with van der Waals surface area (Å²) in [5, 5.41) is 18.3. The van der Waals surface area contributed by atoms with Crippen LogP contribution >= 0.6 is 11.3 Å². The van der Waals surface area contributed by atoms with Gasteiger partial charge in [-0.2, -0.15) is 8.78 Å². The molecule has 12 heteroatoms. The minimum Gasteiger partial charge on any atom is -0.435 e. The smallest absolute Gasteiger partial charge is 0.387 e. The molecule has 0 aliphatic rings. The maximum atomic E-state index is 14.4. The number of hydrogen-bond donors (Lipinski definition) is 3. The molecule has 0 radical (unpaired) electrons. The van der Waals surface area contributed by atoms with Crippen molar-refractivity contribution in [2.75, 3.05) is 5.32 Å². The van der Waals surface area contributed by atoms with Crippen LogP contribution < -0.4 is 15.2 Å². The van der Waals surface area contributed by atoms with Crippen molar-refractivity contribution in [1.82, 2.24) is 0 Å². The lowest BCUT2D eigenvalue weighted by Gasteiger charge is -2.17. The number of carbonyl (C=O) groups excluding carboxylic acids is 1. The quantitative estimate of drug-likeness (QED) is 0.413. The molecule has 0 aliphatic heterocycles. The number of nitrogens with zero attached hydrogens (tertiary/aromatic N) is 1. The van der Waals surface area contributed by atoms with E-state index in [4.69, 9.17) is 5.14 Å². The van der Waals surface area contributed by atoms with Gasteiger partial charge < -0.3 is 15.2 Å². The van der Waals surface area contributed by atoms with E-state index in [9.17, 15) is 27.3 Å². The molecule has 0 bridgehead atoms. The molecule has 7 nitrogen and oxygen atoms in total. The number of nitrogens with one attached hydrogen (secondary N) is 1. The van der Waals surface area contributed by atoms with Crippen LogP contribution in [-0.4, -0.2) is 22.0 Å². The van der Waals surface area contributed by atoms with Gasteiger partial charge in [0.05, 0.1) is 5.60 Å². The Morgan fingerprint density at radius 1 is 1.24 bits per heavy atom. The summed E-state index contributed by atoms with van der Waals surface area (Å²) < 4.78 is 60.3. The van der Waals surface area contributed by atoms with Crippen LogP contribution in [0.3, 0.4) is 0 Å². The summed E-state index contributed by atoms with van der Waals surface area (Å²) in [6.45, 7) is 3.61. The van der Waals surface area contributed by atoms with Gasteiger partial charge in [-0.15, -0.1) is 15.7 Å². The highest BCUT2D eigenvalue weighted by Crippen LogP contribution is 2.34. The molecule has 2 amide bonds. The second-order valence-corrected chi connectivity index (χ2v) is 10.9. The van der Waals surface area contributed by atoms with Crippen molar-refractivity contribution in [1.29, 1.82) is 0 Å². The Morgan fingerprint density at radius 3 is 2.21 bits per heavy atom. The molecule has 1 aromatic carbocycles. The molecule has 1 heterocycles. The molecule has 184 valence electrons. The van der Waals surface area contributed by atoms with Gasteiger partial charge in [-0.1, -0.05) is 26.7 Å². The summed E-state index contributed by atoms with van der Waals surface area (Å²) in [4.78, 5) is 12.8. The summed E-state index contributed by atoms with van der Waals surface area (Å²) in [5.41, 5.74) is 0.0249. The standard InChI is InChI=1S/C21H28F3N3O4S2/c1-5-7-12-9-14(31-19(23)24)10-13(8-6-2)17(12)26-20(28)27-33(25,30)18-15(22)11-16(32-18)21(3,4)29/h9-11,19,29H,5-8H2,1-4H3,(H3,25,26,27,28,30). The third-order valence-corrected chi connectivity index (χ3v) is 7.86. The number of urea groups is 1. The fourth-order valence-corrected chi connectivity index (χ4v) is 5.49. The molecule has 0 saturated carbocycles. The average molecular weight is 508 g/mol. The fraction of sp³-hybridized carbons (Fsp3) is 0.476.